The third-order valence-electron chi connectivity index (χ3n) is 8.20. The number of benzene rings is 2. The molecule has 1 aliphatic heterocycles. The highest BCUT2D eigenvalue weighted by Crippen LogP contribution is 2.31. The fourth-order valence-electron chi connectivity index (χ4n) is 5.54. The number of hydrogen-bond donors (Lipinski definition) is 3. The van der Waals surface area contributed by atoms with Gasteiger partial charge in [-0.05, 0) is 62.3 Å². The lowest BCUT2D eigenvalue weighted by Crippen LogP contribution is -2.51. The van der Waals surface area contributed by atoms with Crippen molar-refractivity contribution in [2.45, 2.75) is 63.6 Å². The van der Waals surface area contributed by atoms with Crippen LogP contribution in [0.2, 0.25) is 0 Å². The van der Waals surface area contributed by atoms with E-state index in [2.05, 4.69) is 15.5 Å². The molecule has 4 N–H and O–H groups in total. The lowest BCUT2D eigenvalue weighted by atomic mass is 9.84. The van der Waals surface area contributed by atoms with Crippen LogP contribution >= 0.6 is 0 Å². The molecule has 0 bridgehead atoms. The molecule has 2 aromatic rings. The Bertz CT molecular complexity index is 1150. The summed E-state index contributed by atoms with van der Waals surface area (Å²) in [5.74, 6) is 0.281. The number of hydrogen-bond acceptors (Lipinski definition) is 6. The van der Waals surface area contributed by atoms with Crippen molar-refractivity contribution in [2.75, 3.05) is 36.4 Å². The van der Waals surface area contributed by atoms with E-state index in [1.54, 1.807) is 12.1 Å². The Morgan fingerprint density at radius 3 is 2.28 bits per heavy atom. The summed E-state index contributed by atoms with van der Waals surface area (Å²) < 4.78 is 5.47. The number of piperazine rings is 1. The van der Waals surface area contributed by atoms with Crippen LogP contribution in [0, 0.1) is 5.92 Å². The molecule has 1 heterocycles. The molecule has 0 spiro atoms. The first-order chi connectivity index (χ1) is 19.0. The zero-order chi connectivity index (χ0) is 27.2. The van der Waals surface area contributed by atoms with Crippen LogP contribution in [0.1, 0.15) is 60.9 Å². The van der Waals surface area contributed by atoms with Crippen LogP contribution in [0.25, 0.3) is 0 Å². The number of nitrogens with zero attached hydrogens (tertiary/aromatic N) is 2. The molecule has 2 aliphatic carbocycles. The molecule has 3 amide bonds. The van der Waals surface area contributed by atoms with Crippen LogP contribution in [-0.4, -0.2) is 61.1 Å². The fourth-order valence-corrected chi connectivity index (χ4v) is 5.54. The van der Waals surface area contributed by atoms with E-state index >= 15 is 0 Å². The molecule has 0 unspecified atom stereocenters. The third kappa shape index (κ3) is 6.89. The van der Waals surface area contributed by atoms with Crippen LogP contribution in [0.5, 0.6) is 0 Å². The topological polar surface area (TPSA) is 117 Å². The molecular formula is C30H39N5O4. The minimum atomic E-state index is -0.585. The van der Waals surface area contributed by atoms with Gasteiger partial charge < -0.3 is 25.6 Å². The molecule has 0 aromatic heterocycles. The maximum Gasteiger partial charge on any atom is 0.412 e. The number of amides is 3. The van der Waals surface area contributed by atoms with Crippen LogP contribution in [0.3, 0.4) is 0 Å². The summed E-state index contributed by atoms with van der Waals surface area (Å²) in [6, 6.07) is 15.2. The Morgan fingerprint density at radius 2 is 1.62 bits per heavy atom. The van der Waals surface area contributed by atoms with Crippen molar-refractivity contribution in [2.24, 2.45) is 11.7 Å². The van der Waals surface area contributed by atoms with E-state index in [9.17, 15) is 14.4 Å². The van der Waals surface area contributed by atoms with Gasteiger partial charge in [0.15, 0.2) is 0 Å². The van der Waals surface area contributed by atoms with Gasteiger partial charge in [-0.15, -0.1) is 0 Å². The van der Waals surface area contributed by atoms with Crippen molar-refractivity contribution in [3.05, 3.63) is 59.7 Å². The summed E-state index contributed by atoms with van der Waals surface area (Å²) >= 11 is 0. The van der Waals surface area contributed by atoms with E-state index in [-0.39, 0.29) is 36.4 Å². The number of carbonyl (C=O) groups excluding carboxylic acids is 3. The lowest BCUT2D eigenvalue weighted by molar-refractivity contribution is -0.138. The normalized spacial score (nSPS) is 21.6. The van der Waals surface area contributed by atoms with Gasteiger partial charge in [-0.1, -0.05) is 36.8 Å². The quantitative estimate of drug-likeness (QED) is 0.497. The Hall–Kier alpha value is -3.59. The minimum absolute atomic E-state index is 0.102. The summed E-state index contributed by atoms with van der Waals surface area (Å²) in [6.45, 7) is 2.73. The predicted octanol–water partition coefficient (Wildman–Crippen LogP) is 3.88. The van der Waals surface area contributed by atoms with Gasteiger partial charge >= 0.3 is 6.09 Å². The van der Waals surface area contributed by atoms with Gasteiger partial charge in [0.2, 0.25) is 5.91 Å². The number of ether oxygens (including phenoxy) is 1. The molecule has 9 heteroatoms. The zero-order valence-corrected chi connectivity index (χ0v) is 22.4. The van der Waals surface area contributed by atoms with Gasteiger partial charge in [0.1, 0.15) is 6.61 Å². The van der Waals surface area contributed by atoms with E-state index in [1.807, 2.05) is 41.3 Å². The second kappa shape index (κ2) is 12.5. The van der Waals surface area contributed by atoms with Crippen LogP contribution < -0.4 is 21.3 Å². The number of anilines is 2. The summed E-state index contributed by atoms with van der Waals surface area (Å²) in [5, 5.41) is 6.00. The van der Waals surface area contributed by atoms with E-state index in [0.717, 1.165) is 56.2 Å². The minimum Gasteiger partial charge on any atom is -0.444 e. The van der Waals surface area contributed by atoms with Crippen LogP contribution in [-0.2, 0) is 16.1 Å². The van der Waals surface area contributed by atoms with Gasteiger partial charge in [0, 0.05) is 49.7 Å². The first-order valence-corrected chi connectivity index (χ1v) is 14.2. The molecule has 9 nitrogen and oxygen atoms in total. The Balaban J connectivity index is 1.27. The van der Waals surface area contributed by atoms with E-state index in [4.69, 9.17) is 10.5 Å². The highest BCUT2D eigenvalue weighted by Gasteiger charge is 2.32. The molecule has 0 radical (unpaired) electrons. The average molecular weight is 534 g/mol. The van der Waals surface area contributed by atoms with Crippen molar-refractivity contribution < 1.29 is 19.1 Å². The highest BCUT2D eigenvalue weighted by molar-refractivity contribution is 5.98. The van der Waals surface area contributed by atoms with E-state index < -0.39 is 6.09 Å². The lowest BCUT2D eigenvalue weighted by Gasteiger charge is -2.39. The molecule has 0 atom stereocenters. The third-order valence-corrected chi connectivity index (χ3v) is 8.20. The van der Waals surface area contributed by atoms with Crippen molar-refractivity contribution in [1.29, 1.82) is 0 Å². The van der Waals surface area contributed by atoms with Gasteiger partial charge in [-0.2, -0.15) is 0 Å². The molecule has 3 aliphatic rings. The Labute approximate surface area is 230 Å². The SMILES string of the molecule is NC1CCC(NC(=O)c2ccc(N3CCN(C(=O)C4CCC4)CC3)c(NC(=O)OCc3ccccc3)c2)CC1. The molecule has 1 saturated heterocycles. The first-order valence-electron chi connectivity index (χ1n) is 14.2. The number of nitrogens with two attached hydrogens (primary N) is 1. The average Bonchev–Trinajstić information content (AvgIpc) is 2.93. The second-order valence-corrected chi connectivity index (χ2v) is 10.9. The maximum absolute atomic E-state index is 13.1. The van der Waals surface area contributed by atoms with Gasteiger partial charge in [0.05, 0.1) is 11.4 Å². The molecule has 5 rings (SSSR count). The molecule has 3 fully saturated rings. The highest BCUT2D eigenvalue weighted by atomic mass is 16.5. The van der Waals surface area contributed by atoms with Crippen LogP contribution in [0.15, 0.2) is 48.5 Å². The smallest absolute Gasteiger partial charge is 0.412 e. The molecular weight excluding hydrogens is 494 g/mol. The number of rotatable bonds is 7. The summed E-state index contributed by atoms with van der Waals surface area (Å²) in [5.41, 5.74) is 8.71. The van der Waals surface area contributed by atoms with Gasteiger partial charge in [-0.3, -0.25) is 14.9 Å². The zero-order valence-electron chi connectivity index (χ0n) is 22.4. The fraction of sp³-hybridized carbons (Fsp3) is 0.500. The van der Waals surface area contributed by atoms with E-state index in [1.165, 1.54) is 0 Å². The Kier molecular flexibility index (Phi) is 8.66. The Morgan fingerprint density at radius 1 is 0.897 bits per heavy atom. The summed E-state index contributed by atoms with van der Waals surface area (Å²) in [7, 11) is 0. The van der Waals surface area contributed by atoms with Crippen molar-refractivity contribution in [1.82, 2.24) is 10.2 Å². The van der Waals surface area contributed by atoms with Gasteiger partial charge in [0.25, 0.3) is 5.91 Å². The molecule has 208 valence electrons. The standard InChI is InChI=1S/C30H39N5O4/c31-24-10-12-25(13-11-24)32-28(36)23-9-14-27(34-15-17-35(18-16-34)29(37)22-7-4-8-22)26(19-23)33-30(38)39-20-21-5-2-1-3-6-21/h1-3,5-6,9,14,19,22,24-25H,4,7-8,10-13,15-18,20,31H2,(H,32,36)(H,33,38). The van der Waals surface area contributed by atoms with Crippen LogP contribution in [0.4, 0.5) is 16.2 Å². The largest absolute Gasteiger partial charge is 0.444 e. The molecule has 2 saturated carbocycles. The van der Waals surface area contributed by atoms with Crippen molar-refractivity contribution in [3.63, 3.8) is 0 Å². The molecule has 2 aromatic carbocycles. The monoisotopic (exact) mass is 533 g/mol. The summed E-state index contributed by atoms with van der Waals surface area (Å²) in [6.07, 6.45) is 6.08. The molecule has 39 heavy (non-hydrogen) atoms. The van der Waals surface area contributed by atoms with Gasteiger partial charge in [-0.25, -0.2) is 4.79 Å². The summed E-state index contributed by atoms with van der Waals surface area (Å²) in [4.78, 5) is 42.7. The van der Waals surface area contributed by atoms with Crippen molar-refractivity contribution >= 4 is 29.3 Å². The number of nitrogens with one attached hydrogen (secondary N) is 2. The predicted molar refractivity (Wildman–Crippen MR) is 151 cm³/mol. The second-order valence-electron chi connectivity index (χ2n) is 10.9. The first kappa shape index (κ1) is 27.0. The number of carbonyl (C=O) groups is 3. The van der Waals surface area contributed by atoms with E-state index in [0.29, 0.717) is 37.4 Å². The van der Waals surface area contributed by atoms with Crippen molar-refractivity contribution in [3.8, 4) is 0 Å². The maximum atomic E-state index is 13.1.